The van der Waals surface area contributed by atoms with E-state index in [4.69, 9.17) is 16.1 Å². The highest BCUT2D eigenvalue weighted by Gasteiger charge is 2.47. The molecule has 0 bridgehead atoms. The minimum absolute atomic E-state index is 0.134. The maximum atomic E-state index is 14.0. The fourth-order valence-corrected chi connectivity index (χ4v) is 3.68. The highest BCUT2D eigenvalue weighted by Crippen LogP contribution is 2.38. The summed E-state index contributed by atoms with van der Waals surface area (Å²) in [6, 6.07) is 5.48. The number of nitrogens with zero attached hydrogens (tertiary/aromatic N) is 4. The Morgan fingerprint density at radius 2 is 1.82 bits per heavy atom. The molecule has 0 radical (unpaired) electrons. The molecule has 8 nitrogen and oxygen atoms in total. The van der Waals surface area contributed by atoms with Crippen LogP contribution in [0.25, 0.3) is 11.3 Å². The molecule has 1 aliphatic rings. The van der Waals surface area contributed by atoms with Gasteiger partial charge in [-0.05, 0) is 24.3 Å². The predicted molar refractivity (Wildman–Crippen MR) is 111 cm³/mol. The largest absolute Gasteiger partial charge is 0.356 e. The average Bonchev–Trinajstić information content (AvgIpc) is 3.31. The van der Waals surface area contributed by atoms with Crippen LogP contribution in [0.15, 0.2) is 59.8 Å². The number of amides is 2. The van der Waals surface area contributed by atoms with Gasteiger partial charge >= 0.3 is 0 Å². The molecule has 1 aliphatic carbocycles. The van der Waals surface area contributed by atoms with Crippen molar-refractivity contribution in [2.75, 3.05) is 4.90 Å². The Bertz CT molecular complexity index is 1110. The molecule has 1 aromatic carbocycles. The predicted octanol–water partition coefficient (Wildman–Crippen LogP) is 3.65. The van der Waals surface area contributed by atoms with Crippen molar-refractivity contribution >= 4 is 29.1 Å². The minimum Gasteiger partial charge on any atom is -0.356 e. The third-order valence-corrected chi connectivity index (χ3v) is 5.32. The van der Waals surface area contributed by atoms with Crippen LogP contribution < -0.4 is 10.2 Å². The Morgan fingerprint density at radius 3 is 2.36 bits per heavy atom. The molecule has 1 fully saturated rings. The number of anilines is 1. The van der Waals surface area contributed by atoms with Crippen LogP contribution in [-0.4, -0.2) is 44.5 Å². The molecule has 2 heterocycles. The Morgan fingerprint density at radius 1 is 1.15 bits per heavy atom. The lowest BCUT2D eigenvalue weighted by molar-refractivity contribution is -0.133. The molecule has 4 rings (SSSR count). The molecule has 0 saturated heterocycles. The van der Waals surface area contributed by atoms with Crippen molar-refractivity contribution < 1.29 is 27.3 Å². The molecule has 12 heteroatoms. The van der Waals surface area contributed by atoms with Gasteiger partial charge in [0.25, 0.3) is 17.5 Å². The van der Waals surface area contributed by atoms with Gasteiger partial charge in [-0.2, -0.15) is 0 Å². The Hall–Kier alpha value is -3.47. The molecule has 3 aromatic rings. The Labute approximate surface area is 190 Å². The standard InChI is InChI=1S/C21H17ClF3N5O3/c22-18(23)20(32)30(15-3-1-12(2-4-15)16-5-6-28-33-16)17(13-9-26-11-27-10-13)19(31)29-14-7-21(24,25)8-14/h1-6,9-11,14,17-18H,7-8H2,(H,29,31)/t17?,18-/m0/s1. The molecule has 0 aliphatic heterocycles. The van der Waals surface area contributed by atoms with E-state index >= 15 is 0 Å². The number of rotatable bonds is 7. The number of nitrogens with one attached hydrogen (secondary N) is 1. The third-order valence-electron chi connectivity index (χ3n) is 5.13. The molecule has 0 spiro atoms. The second-order valence-corrected chi connectivity index (χ2v) is 7.86. The van der Waals surface area contributed by atoms with Gasteiger partial charge in [-0.25, -0.2) is 23.1 Å². The zero-order valence-electron chi connectivity index (χ0n) is 16.9. The van der Waals surface area contributed by atoms with Gasteiger partial charge in [-0.15, -0.1) is 0 Å². The molecule has 33 heavy (non-hydrogen) atoms. The van der Waals surface area contributed by atoms with E-state index in [9.17, 15) is 22.8 Å². The maximum absolute atomic E-state index is 14.0. The van der Waals surface area contributed by atoms with Crippen molar-refractivity contribution in [3.63, 3.8) is 0 Å². The van der Waals surface area contributed by atoms with Crippen LogP contribution in [0, 0.1) is 0 Å². The van der Waals surface area contributed by atoms with Crippen molar-refractivity contribution in [3.05, 3.63) is 60.8 Å². The number of benzene rings is 1. The quantitative estimate of drug-likeness (QED) is 0.519. The van der Waals surface area contributed by atoms with Crippen LogP contribution in [0.3, 0.4) is 0 Å². The Kier molecular flexibility index (Phi) is 6.32. The molecule has 2 amide bonds. The Balaban J connectivity index is 1.71. The van der Waals surface area contributed by atoms with Crippen molar-refractivity contribution in [1.29, 1.82) is 0 Å². The van der Waals surface area contributed by atoms with Gasteiger partial charge in [0.15, 0.2) is 5.76 Å². The summed E-state index contributed by atoms with van der Waals surface area (Å²) in [4.78, 5) is 34.5. The highest BCUT2D eigenvalue weighted by molar-refractivity contribution is 6.32. The van der Waals surface area contributed by atoms with Gasteiger partial charge in [0.2, 0.25) is 5.91 Å². The van der Waals surface area contributed by atoms with Crippen molar-refractivity contribution in [3.8, 4) is 11.3 Å². The fraction of sp³-hybridized carbons (Fsp3) is 0.286. The highest BCUT2D eigenvalue weighted by atomic mass is 35.5. The van der Waals surface area contributed by atoms with Crippen LogP contribution in [0.2, 0.25) is 0 Å². The number of halogens is 4. The first kappa shape index (κ1) is 22.7. The summed E-state index contributed by atoms with van der Waals surface area (Å²) in [5.41, 5.74) is -1.57. The summed E-state index contributed by atoms with van der Waals surface area (Å²) in [6.07, 6.45) is 4.16. The second-order valence-electron chi connectivity index (χ2n) is 7.48. The number of carbonyl (C=O) groups is 2. The van der Waals surface area contributed by atoms with Crippen LogP contribution in [0.4, 0.5) is 18.9 Å². The first-order chi connectivity index (χ1) is 15.7. The summed E-state index contributed by atoms with van der Waals surface area (Å²) < 4.78 is 45.6. The number of carbonyl (C=O) groups excluding carboxylic acids is 2. The topological polar surface area (TPSA) is 101 Å². The minimum atomic E-state index is -2.87. The van der Waals surface area contributed by atoms with E-state index < -0.39 is 48.3 Å². The van der Waals surface area contributed by atoms with Gasteiger partial charge in [-0.3, -0.25) is 14.5 Å². The lowest BCUT2D eigenvalue weighted by Gasteiger charge is -2.38. The van der Waals surface area contributed by atoms with Crippen molar-refractivity contribution in [2.24, 2.45) is 0 Å². The summed E-state index contributed by atoms with van der Waals surface area (Å²) in [7, 11) is 0. The lowest BCUT2D eigenvalue weighted by atomic mass is 9.88. The molecule has 2 aromatic heterocycles. The van der Waals surface area contributed by atoms with Crippen LogP contribution in [0.1, 0.15) is 24.4 Å². The van der Waals surface area contributed by atoms with Crippen molar-refractivity contribution in [2.45, 2.75) is 36.5 Å². The molecule has 172 valence electrons. The van der Waals surface area contributed by atoms with Gasteiger partial charge in [0.05, 0.1) is 6.20 Å². The summed E-state index contributed by atoms with van der Waals surface area (Å²) in [5.74, 6) is -4.42. The van der Waals surface area contributed by atoms with E-state index in [-0.39, 0.29) is 11.3 Å². The van der Waals surface area contributed by atoms with Crippen LogP contribution in [-0.2, 0) is 9.59 Å². The van der Waals surface area contributed by atoms with E-state index in [1.807, 2.05) is 0 Å². The van der Waals surface area contributed by atoms with Gasteiger partial charge in [0, 0.05) is 54.2 Å². The van der Waals surface area contributed by atoms with Crippen LogP contribution >= 0.6 is 11.6 Å². The molecule has 1 N–H and O–H groups in total. The smallest absolute Gasteiger partial charge is 0.278 e. The van der Waals surface area contributed by atoms with Crippen LogP contribution in [0.5, 0.6) is 0 Å². The zero-order chi connectivity index (χ0) is 23.6. The second kappa shape index (κ2) is 9.18. The molecule has 1 saturated carbocycles. The van der Waals surface area contributed by atoms with Gasteiger partial charge < -0.3 is 9.84 Å². The molecular formula is C21H17ClF3N5O3. The number of alkyl halides is 4. The van der Waals surface area contributed by atoms with Gasteiger partial charge in [-0.1, -0.05) is 16.8 Å². The van der Waals surface area contributed by atoms with E-state index in [0.29, 0.717) is 11.3 Å². The van der Waals surface area contributed by atoms with E-state index in [1.54, 1.807) is 18.2 Å². The SMILES string of the molecule is O=C(NC1CC(F)(F)C1)C(c1cncnc1)N(C(=O)[C@H](F)Cl)c1ccc(-c2ccno2)cc1. The number of hydrogen-bond donors (Lipinski definition) is 1. The van der Waals surface area contributed by atoms with E-state index in [1.165, 1.54) is 37.1 Å². The molecule has 1 unspecified atom stereocenters. The first-order valence-corrected chi connectivity index (χ1v) is 10.2. The van der Waals surface area contributed by atoms with Gasteiger partial charge in [0.1, 0.15) is 12.4 Å². The van der Waals surface area contributed by atoms with E-state index in [0.717, 1.165) is 4.90 Å². The lowest BCUT2D eigenvalue weighted by Crippen LogP contribution is -2.54. The maximum Gasteiger partial charge on any atom is 0.278 e. The zero-order valence-corrected chi connectivity index (χ0v) is 17.6. The third kappa shape index (κ3) is 4.98. The monoisotopic (exact) mass is 479 g/mol. The number of hydrogen-bond acceptors (Lipinski definition) is 6. The summed E-state index contributed by atoms with van der Waals surface area (Å²) in [6.45, 7) is 0. The normalized spacial score (nSPS) is 17.0. The molecular weight excluding hydrogens is 463 g/mol. The van der Waals surface area contributed by atoms with Crippen molar-refractivity contribution in [1.82, 2.24) is 20.4 Å². The number of aromatic nitrogens is 3. The average molecular weight is 480 g/mol. The fourth-order valence-electron chi connectivity index (χ4n) is 3.57. The van der Waals surface area contributed by atoms with E-state index in [2.05, 4.69) is 20.4 Å². The first-order valence-electron chi connectivity index (χ1n) is 9.80. The summed E-state index contributed by atoms with van der Waals surface area (Å²) in [5, 5.41) is 6.11. The summed E-state index contributed by atoms with van der Waals surface area (Å²) >= 11 is 5.46. The molecule has 2 atom stereocenters.